The topological polar surface area (TPSA) is 51.2 Å². The normalized spacial score (nSPS) is 19.0. The van der Waals surface area contributed by atoms with Crippen molar-refractivity contribution in [2.45, 2.75) is 45.6 Å². The molecule has 1 aliphatic heterocycles. The second-order valence-corrected chi connectivity index (χ2v) is 7.22. The van der Waals surface area contributed by atoms with Crippen LogP contribution in [0.2, 0.25) is 0 Å². The van der Waals surface area contributed by atoms with Gasteiger partial charge in [0.15, 0.2) is 0 Å². The largest absolute Gasteiger partial charge is 0.381 e. The molecule has 1 aliphatic rings. The van der Waals surface area contributed by atoms with Gasteiger partial charge in [-0.3, -0.25) is 9.78 Å². The first-order valence-corrected chi connectivity index (χ1v) is 8.74. The molecule has 1 saturated heterocycles. The van der Waals surface area contributed by atoms with Crippen LogP contribution in [0.15, 0.2) is 30.3 Å². The van der Waals surface area contributed by atoms with E-state index in [9.17, 15) is 4.79 Å². The van der Waals surface area contributed by atoms with E-state index in [0.29, 0.717) is 6.61 Å². The van der Waals surface area contributed by atoms with Crippen LogP contribution in [-0.4, -0.2) is 24.1 Å². The fourth-order valence-electron chi connectivity index (χ4n) is 3.39. The number of nitrogens with one attached hydrogen (secondary N) is 1. The first-order valence-electron chi connectivity index (χ1n) is 8.74. The van der Waals surface area contributed by atoms with Crippen LogP contribution in [0.3, 0.4) is 0 Å². The summed E-state index contributed by atoms with van der Waals surface area (Å²) >= 11 is 0. The Morgan fingerprint density at radius 1 is 1.29 bits per heavy atom. The highest BCUT2D eigenvalue weighted by Crippen LogP contribution is 2.28. The fourth-order valence-corrected chi connectivity index (χ4v) is 3.39. The molecule has 0 spiro atoms. The molecule has 3 rings (SSSR count). The summed E-state index contributed by atoms with van der Waals surface area (Å²) in [6.45, 7) is 7.32. The summed E-state index contributed by atoms with van der Waals surface area (Å²) in [5.41, 5.74) is 1.35. The number of benzene rings is 1. The van der Waals surface area contributed by atoms with Crippen molar-refractivity contribution in [3.05, 3.63) is 41.7 Å². The average Bonchev–Trinajstić information content (AvgIpc) is 2.83. The van der Waals surface area contributed by atoms with Crippen LogP contribution < -0.4 is 5.32 Å². The highest BCUT2D eigenvalue weighted by molar-refractivity contribution is 5.87. The summed E-state index contributed by atoms with van der Waals surface area (Å²) in [5.74, 6) is -0.00265. The maximum Gasteiger partial charge on any atom is 0.226 e. The number of pyridine rings is 1. The summed E-state index contributed by atoms with van der Waals surface area (Å²) in [6, 6.07) is 10.3. The lowest BCUT2D eigenvalue weighted by Crippen LogP contribution is -2.45. The molecule has 24 heavy (non-hydrogen) atoms. The highest BCUT2D eigenvalue weighted by atomic mass is 16.5. The summed E-state index contributed by atoms with van der Waals surface area (Å²) in [4.78, 5) is 17.5. The van der Waals surface area contributed by atoms with Gasteiger partial charge >= 0.3 is 0 Å². The van der Waals surface area contributed by atoms with E-state index in [4.69, 9.17) is 9.72 Å². The van der Waals surface area contributed by atoms with Crippen molar-refractivity contribution in [1.29, 1.82) is 0 Å². The number of ether oxygens (including phenoxy) is 1. The molecule has 4 nitrogen and oxygen atoms in total. The molecule has 1 N–H and O–H groups in total. The SMILES string of the molecule is Cc1cc2ccccc2c(C(C)(C)NC(=O)C2CCCCOC2)n1. The third-order valence-corrected chi connectivity index (χ3v) is 4.68. The Balaban J connectivity index is 1.88. The monoisotopic (exact) mass is 326 g/mol. The summed E-state index contributed by atoms with van der Waals surface area (Å²) in [7, 11) is 0. The molecule has 0 saturated carbocycles. The summed E-state index contributed by atoms with van der Waals surface area (Å²) in [6.07, 6.45) is 2.98. The third kappa shape index (κ3) is 3.59. The molecule has 1 aromatic heterocycles. The molecule has 2 heterocycles. The van der Waals surface area contributed by atoms with Crippen LogP contribution in [0.25, 0.3) is 10.8 Å². The Labute approximate surface area is 143 Å². The van der Waals surface area contributed by atoms with E-state index in [1.54, 1.807) is 0 Å². The number of nitrogens with zero attached hydrogens (tertiary/aromatic N) is 1. The molecule has 1 aromatic carbocycles. The van der Waals surface area contributed by atoms with Gasteiger partial charge < -0.3 is 10.1 Å². The van der Waals surface area contributed by atoms with Gasteiger partial charge in [-0.1, -0.05) is 30.7 Å². The number of carbonyl (C=O) groups excluding carboxylic acids is 1. The first kappa shape index (κ1) is 16.9. The standard InChI is InChI=1S/C20H26N2O2/c1-14-12-15-8-4-5-10-17(15)18(21-14)20(2,3)22-19(23)16-9-6-7-11-24-13-16/h4-5,8,10,12,16H,6-7,9,11,13H2,1-3H3,(H,22,23). The zero-order valence-electron chi connectivity index (χ0n) is 14.8. The predicted octanol–water partition coefficient (Wildman–Crippen LogP) is 3.71. The van der Waals surface area contributed by atoms with Gasteiger partial charge in [0.05, 0.1) is 23.8 Å². The summed E-state index contributed by atoms with van der Waals surface area (Å²) < 4.78 is 5.56. The van der Waals surface area contributed by atoms with E-state index in [2.05, 4.69) is 23.5 Å². The number of hydrogen-bond acceptors (Lipinski definition) is 3. The zero-order valence-corrected chi connectivity index (χ0v) is 14.8. The lowest BCUT2D eigenvalue weighted by atomic mass is 9.92. The van der Waals surface area contributed by atoms with Crippen molar-refractivity contribution in [3.63, 3.8) is 0 Å². The van der Waals surface area contributed by atoms with Gasteiger partial charge in [0.1, 0.15) is 0 Å². The van der Waals surface area contributed by atoms with Crippen LogP contribution in [-0.2, 0) is 15.1 Å². The molecule has 1 unspecified atom stereocenters. The third-order valence-electron chi connectivity index (χ3n) is 4.68. The maximum absolute atomic E-state index is 12.7. The number of rotatable bonds is 3. The molecule has 128 valence electrons. The minimum absolute atomic E-state index is 0.0642. The molecule has 0 radical (unpaired) electrons. The molecule has 0 bridgehead atoms. The van der Waals surface area contributed by atoms with E-state index in [1.165, 1.54) is 0 Å². The minimum atomic E-state index is -0.533. The van der Waals surface area contributed by atoms with Gasteiger partial charge in [0, 0.05) is 17.7 Å². The van der Waals surface area contributed by atoms with Crippen molar-refractivity contribution < 1.29 is 9.53 Å². The van der Waals surface area contributed by atoms with Gasteiger partial charge in [0.25, 0.3) is 0 Å². The number of amides is 1. The van der Waals surface area contributed by atoms with Crippen LogP contribution in [0.1, 0.15) is 44.5 Å². The quantitative estimate of drug-likeness (QED) is 0.935. The Bertz CT molecular complexity index is 731. The van der Waals surface area contributed by atoms with Crippen molar-refractivity contribution in [3.8, 4) is 0 Å². The molecule has 2 aromatic rings. The van der Waals surface area contributed by atoms with E-state index in [1.807, 2.05) is 32.9 Å². The Morgan fingerprint density at radius 3 is 2.92 bits per heavy atom. The van der Waals surface area contributed by atoms with Crippen LogP contribution in [0.4, 0.5) is 0 Å². The van der Waals surface area contributed by atoms with Gasteiger partial charge in [-0.2, -0.15) is 0 Å². The number of aryl methyl sites for hydroxylation is 1. The Kier molecular flexibility index (Phi) is 4.86. The highest BCUT2D eigenvalue weighted by Gasteiger charge is 2.30. The second kappa shape index (κ2) is 6.89. The molecule has 1 atom stereocenters. The van der Waals surface area contributed by atoms with E-state index >= 15 is 0 Å². The maximum atomic E-state index is 12.7. The van der Waals surface area contributed by atoms with Crippen LogP contribution in [0.5, 0.6) is 0 Å². The summed E-state index contributed by atoms with van der Waals surface area (Å²) in [5, 5.41) is 5.45. The lowest BCUT2D eigenvalue weighted by Gasteiger charge is -2.29. The van der Waals surface area contributed by atoms with Gasteiger partial charge in [0.2, 0.25) is 5.91 Å². The average molecular weight is 326 g/mol. The smallest absolute Gasteiger partial charge is 0.226 e. The van der Waals surface area contributed by atoms with Crippen molar-refractivity contribution in [2.75, 3.05) is 13.2 Å². The van der Waals surface area contributed by atoms with Crippen LogP contribution >= 0.6 is 0 Å². The molecular formula is C20H26N2O2. The number of hydrogen-bond donors (Lipinski definition) is 1. The Hall–Kier alpha value is -1.94. The van der Waals surface area contributed by atoms with Gasteiger partial charge in [-0.25, -0.2) is 0 Å². The Morgan fingerprint density at radius 2 is 2.08 bits per heavy atom. The molecule has 1 amide bonds. The van der Waals surface area contributed by atoms with E-state index in [0.717, 1.165) is 48.0 Å². The molecular weight excluding hydrogens is 300 g/mol. The van der Waals surface area contributed by atoms with E-state index < -0.39 is 5.54 Å². The minimum Gasteiger partial charge on any atom is -0.381 e. The van der Waals surface area contributed by atoms with Crippen molar-refractivity contribution in [1.82, 2.24) is 10.3 Å². The molecule has 0 aliphatic carbocycles. The number of fused-ring (bicyclic) bond motifs is 1. The molecule has 1 fully saturated rings. The first-order chi connectivity index (χ1) is 11.5. The number of carbonyl (C=O) groups is 1. The lowest BCUT2D eigenvalue weighted by molar-refractivity contribution is -0.128. The number of aromatic nitrogens is 1. The van der Waals surface area contributed by atoms with E-state index in [-0.39, 0.29) is 11.8 Å². The van der Waals surface area contributed by atoms with Crippen LogP contribution in [0, 0.1) is 12.8 Å². The zero-order chi connectivity index (χ0) is 17.2. The van der Waals surface area contributed by atoms with Gasteiger partial charge in [-0.15, -0.1) is 0 Å². The van der Waals surface area contributed by atoms with Crippen molar-refractivity contribution in [2.24, 2.45) is 5.92 Å². The fraction of sp³-hybridized carbons (Fsp3) is 0.500. The predicted molar refractivity (Wildman–Crippen MR) is 95.8 cm³/mol. The second-order valence-electron chi connectivity index (χ2n) is 7.22. The van der Waals surface area contributed by atoms with Gasteiger partial charge in [-0.05, 0) is 45.1 Å². The molecule has 4 heteroatoms. The van der Waals surface area contributed by atoms with Crippen molar-refractivity contribution >= 4 is 16.7 Å².